The first-order valence-electron chi connectivity index (χ1n) is 4.08. The highest BCUT2D eigenvalue weighted by Crippen LogP contribution is 2.03. The summed E-state index contributed by atoms with van der Waals surface area (Å²) >= 11 is 0. The molecule has 0 saturated heterocycles. The van der Waals surface area contributed by atoms with Crippen LogP contribution in [0.5, 0.6) is 0 Å². The van der Waals surface area contributed by atoms with Crippen molar-refractivity contribution >= 4 is 0 Å². The number of pyridine rings is 1. The number of hydrogen-bond donors (Lipinski definition) is 0. The van der Waals surface area contributed by atoms with Crippen molar-refractivity contribution < 1.29 is 0 Å². The smallest absolute Gasteiger partial charge is 0.136 e. The van der Waals surface area contributed by atoms with Crippen molar-refractivity contribution in [2.45, 2.75) is 6.42 Å². The van der Waals surface area contributed by atoms with Crippen LogP contribution in [0.3, 0.4) is 0 Å². The van der Waals surface area contributed by atoms with Gasteiger partial charge in [-0.1, -0.05) is 0 Å². The molecule has 0 bridgehead atoms. The van der Waals surface area contributed by atoms with E-state index in [1.165, 1.54) is 5.56 Å². The Balaban J connectivity index is 2.20. The van der Waals surface area contributed by atoms with Gasteiger partial charge in [0, 0.05) is 25.9 Å². The molecule has 2 heterocycles. The summed E-state index contributed by atoms with van der Waals surface area (Å²) in [5.74, 6) is 0.964. The highest BCUT2D eigenvalue weighted by Gasteiger charge is 2.00. The molecule has 0 atom stereocenters. The van der Waals surface area contributed by atoms with Crippen LogP contribution in [-0.2, 0) is 13.5 Å². The van der Waals surface area contributed by atoms with Gasteiger partial charge in [-0.15, -0.1) is 10.2 Å². The third kappa shape index (κ3) is 1.72. The van der Waals surface area contributed by atoms with E-state index in [0.29, 0.717) is 0 Å². The van der Waals surface area contributed by atoms with Gasteiger partial charge in [0.2, 0.25) is 0 Å². The van der Waals surface area contributed by atoms with Crippen molar-refractivity contribution in [3.8, 4) is 0 Å². The van der Waals surface area contributed by atoms with E-state index < -0.39 is 0 Å². The van der Waals surface area contributed by atoms with E-state index in [1.807, 2.05) is 23.7 Å². The molecule has 0 aliphatic carbocycles. The summed E-state index contributed by atoms with van der Waals surface area (Å²) in [6.45, 7) is 0. The van der Waals surface area contributed by atoms with Crippen molar-refractivity contribution in [2.75, 3.05) is 0 Å². The Labute approximate surface area is 76.3 Å². The summed E-state index contributed by atoms with van der Waals surface area (Å²) in [4.78, 5) is 3.95. The van der Waals surface area contributed by atoms with E-state index >= 15 is 0 Å². The third-order valence-electron chi connectivity index (χ3n) is 1.92. The van der Waals surface area contributed by atoms with Crippen molar-refractivity contribution in [1.82, 2.24) is 19.7 Å². The maximum atomic E-state index is 4.00. The van der Waals surface area contributed by atoms with E-state index in [9.17, 15) is 0 Å². The lowest BCUT2D eigenvalue weighted by Crippen LogP contribution is -1.98. The predicted octanol–water partition coefficient (Wildman–Crippen LogP) is 0.801. The molecule has 0 aliphatic rings. The molecule has 4 nitrogen and oxygen atoms in total. The van der Waals surface area contributed by atoms with E-state index in [2.05, 4.69) is 15.2 Å². The zero-order valence-electron chi connectivity index (χ0n) is 7.38. The zero-order valence-corrected chi connectivity index (χ0v) is 7.38. The summed E-state index contributed by atoms with van der Waals surface area (Å²) in [5, 5.41) is 7.82. The van der Waals surface area contributed by atoms with Crippen molar-refractivity contribution in [3.63, 3.8) is 0 Å². The average Bonchev–Trinajstić information content (AvgIpc) is 2.54. The fraction of sp³-hybridized carbons (Fsp3) is 0.222. The molecule has 0 fully saturated rings. The summed E-state index contributed by atoms with van der Waals surface area (Å²) in [6.07, 6.45) is 6.08. The quantitative estimate of drug-likeness (QED) is 0.676. The van der Waals surface area contributed by atoms with Crippen LogP contribution >= 0.6 is 0 Å². The Kier molecular flexibility index (Phi) is 2.04. The van der Waals surface area contributed by atoms with Crippen LogP contribution in [-0.4, -0.2) is 19.7 Å². The number of hydrogen-bond acceptors (Lipinski definition) is 3. The zero-order chi connectivity index (χ0) is 9.10. The van der Waals surface area contributed by atoms with Crippen LogP contribution in [0.4, 0.5) is 0 Å². The van der Waals surface area contributed by atoms with Gasteiger partial charge in [-0.2, -0.15) is 0 Å². The molecule has 0 saturated carbocycles. The average molecular weight is 174 g/mol. The van der Waals surface area contributed by atoms with E-state index in [-0.39, 0.29) is 0 Å². The largest absolute Gasteiger partial charge is 0.320 e. The Morgan fingerprint density at radius 3 is 2.69 bits per heavy atom. The summed E-state index contributed by atoms with van der Waals surface area (Å²) in [6, 6.07) is 3.96. The van der Waals surface area contributed by atoms with Crippen molar-refractivity contribution in [2.24, 2.45) is 7.05 Å². The highest BCUT2D eigenvalue weighted by atomic mass is 15.2. The van der Waals surface area contributed by atoms with Crippen LogP contribution < -0.4 is 0 Å². The molecular weight excluding hydrogens is 164 g/mol. The van der Waals surface area contributed by atoms with Gasteiger partial charge in [-0.05, 0) is 17.7 Å². The molecular formula is C9H10N4. The fourth-order valence-electron chi connectivity index (χ4n) is 1.15. The first-order chi connectivity index (χ1) is 6.36. The van der Waals surface area contributed by atoms with Gasteiger partial charge in [-0.25, -0.2) is 0 Å². The molecule has 0 spiro atoms. The van der Waals surface area contributed by atoms with E-state index in [1.54, 1.807) is 18.7 Å². The van der Waals surface area contributed by atoms with Gasteiger partial charge in [0.25, 0.3) is 0 Å². The lowest BCUT2D eigenvalue weighted by atomic mass is 10.2. The normalized spacial score (nSPS) is 10.2. The molecule has 66 valence electrons. The van der Waals surface area contributed by atoms with Crippen LogP contribution in [0, 0.1) is 0 Å². The second-order valence-electron chi connectivity index (χ2n) is 2.89. The Hall–Kier alpha value is -1.71. The molecule has 2 rings (SSSR count). The molecule has 0 radical (unpaired) electrons. The van der Waals surface area contributed by atoms with Gasteiger partial charge < -0.3 is 4.57 Å². The van der Waals surface area contributed by atoms with Crippen molar-refractivity contribution in [3.05, 3.63) is 42.2 Å². The monoisotopic (exact) mass is 174 g/mol. The van der Waals surface area contributed by atoms with Gasteiger partial charge in [0.1, 0.15) is 12.2 Å². The third-order valence-corrected chi connectivity index (χ3v) is 1.92. The minimum absolute atomic E-state index is 0.805. The minimum atomic E-state index is 0.805. The topological polar surface area (TPSA) is 43.6 Å². The standard InChI is InChI=1S/C9H10N4/c1-13-7-11-12-9(13)6-8-2-4-10-5-3-8/h2-5,7H,6H2,1H3. The number of aryl methyl sites for hydroxylation is 1. The molecule has 0 amide bonds. The van der Waals surface area contributed by atoms with Gasteiger partial charge in [0.05, 0.1) is 0 Å². The second-order valence-corrected chi connectivity index (χ2v) is 2.89. The van der Waals surface area contributed by atoms with E-state index in [4.69, 9.17) is 0 Å². The first-order valence-corrected chi connectivity index (χ1v) is 4.08. The molecule has 0 aromatic carbocycles. The Morgan fingerprint density at radius 2 is 2.08 bits per heavy atom. The molecule has 0 unspecified atom stereocenters. The maximum Gasteiger partial charge on any atom is 0.136 e. The molecule has 4 heteroatoms. The van der Waals surface area contributed by atoms with E-state index in [0.717, 1.165) is 12.2 Å². The van der Waals surface area contributed by atoms with Crippen LogP contribution in [0.1, 0.15) is 11.4 Å². The molecule has 13 heavy (non-hydrogen) atoms. The number of nitrogens with zero attached hydrogens (tertiary/aromatic N) is 4. The summed E-state index contributed by atoms with van der Waals surface area (Å²) in [7, 11) is 1.94. The van der Waals surface area contributed by atoms with Gasteiger partial charge >= 0.3 is 0 Å². The van der Waals surface area contributed by atoms with Crippen LogP contribution in [0.25, 0.3) is 0 Å². The van der Waals surface area contributed by atoms with Gasteiger partial charge in [0.15, 0.2) is 0 Å². The highest BCUT2D eigenvalue weighted by molar-refractivity contribution is 5.14. The Morgan fingerprint density at radius 1 is 1.31 bits per heavy atom. The molecule has 2 aromatic heterocycles. The molecule has 0 aliphatic heterocycles. The minimum Gasteiger partial charge on any atom is -0.320 e. The maximum absolute atomic E-state index is 4.00. The molecule has 0 N–H and O–H groups in total. The summed E-state index contributed by atoms with van der Waals surface area (Å²) < 4.78 is 1.92. The first kappa shape index (κ1) is 7.91. The Bertz CT molecular complexity index is 380. The SMILES string of the molecule is Cn1cnnc1Cc1ccncc1. The van der Waals surface area contributed by atoms with Crippen LogP contribution in [0.2, 0.25) is 0 Å². The van der Waals surface area contributed by atoms with Gasteiger partial charge in [-0.3, -0.25) is 4.98 Å². The molecule has 2 aromatic rings. The fourth-order valence-corrected chi connectivity index (χ4v) is 1.15. The summed E-state index contributed by atoms with van der Waals surface area (Å²) in [5.41, 5.74) is 1.20. The predicted molar refractivity (Wildman–Crippen MR) is 48.0 cm³/mol. The number of rotatable bonds is 2. The van der Waals surface area contributed by atoms with Crippen LogP contribution in [0.15, 0.2) is 30.9 Å². The van der Waals surface area contributed by atoms with Crippen molar-refractivity contribution in [1.29, 1.82) is 0 Å². The number of aromatic nitrogens is 4. The second kappa shape index (κ2) is 3.35. The lowest BCUT2D eigenvalue weighted by molar-refractivity contribution is 0.820. The lowest BCUT2D eigenvalue weighted by Gasteiger charge is -1.99.